The molecule has 0 saturated heterocycles. The highest BCUT2D eigenvalue weighted by atomic mass is 35.5. The van der Waals surface area contributed by atoms with E-state index in [0.717, 1.165) is 5.56 Å². The van der Waals surface area contributed by atoms with Crippen molar-refractivity contribution in [1.82, 2.24) is 0 Å². The van der Waals surface area contributed by atoms with Crippen LogP contribution in [-0.4, -0.2) is 4.89 Å². The highest BCUT2D eigenvalue weighted by Crippen LogP contribution is 2.19. The van der Waals surface area contributed by atoms with Gasteiger partial charge in [0.25, 0.3) is 0 Å². The molecule has 0 heterocycles. The summed E-state index contributed by atoms with van der Waals surface area (Å²) in [6.07, 6.45) is 0. The fourth-order valence-electron chi connectivity index (χ4n) is 0.726. The van der Waals surface area contributed by atoms with Crippen molar-refractivity contribution in [3.8, 4) is 0 Å². The average molecular weight is 191 g/mol. The van der Waals surface area contributed by atoms with Gasteiger partial charge >= 0.3 is 0 Å². The van der Waals surface area contributed by atoms with Crippen LogP contribution in [0.5, 0.6) is 0 Å². The molecule has 2 nitrogen and oxygen atoms in total. The Morgan fingerprint density at radius 2 is 2.18 bits per heavy atom. The van der Waals surface area contributed by atoms with Crippen molar-refractivity contribution < 1.29 is 9.46 Å². The van der Waals surface area contributed by atoms with Crippen LogP contribution in [0, 0.1) is 6.92 Å². The molecular weight excluding hydrogens is 183 g/mol. The van der Waals surface area contributed by atoms with Crippen molar-refractivity contribution in [2.75, 3.05) is 0 Å². The Bertz CT molecular complexity index is 298. The van der Waals surface area contributed by atoms with Gasteiger partial charge in [-0.15, -0.1) is 0 Å². The second kappa shape index (κ2) is 3.40. The van der Waals surface area contributed by atoms with E-state index < -0.39 is 8.03 Å². The van der Waals surface area contributed by atoms with E-state index in [1.54, 1.807) is 12.1 Å². The average Bonchev–Trinajstić information content (AvgIpc) is 1.94. The number of halogens is 1. The van der Waals surface area contributed by atoms with Crippen molar-refractivity contribution in [3.05, 3.63) is 28.8 Å². The van der Waals surface area contributed by atoms with Crippen molar-refractivity contribution in [2.24, 2.45) is 0 Å². The predicted octanol–water partition coefficient (Wildman–Crippen LogP) is 1.74. The molecular formula is C7H8ClO2P. The third-order valence-corrected chi connectivity index (χ3v) is 2.63. The van der Waals surface area contributed by atoms with Crippen LogP contribution >= 0.6 is 19.6 Å². The van der Waals surface area contributed by atoms with Gasteiger partial charge in [-0.25, -0.2) is 0 Å². The first-order chi connectivity index (χ1) is 5.11. The molecule has 1 aromatic carbocycles. The van der Waals surface area contributed by atoms with Gasteiger partial charge in [-0.3, -0.25) is 4.57 Å². The van der Waals surface area contributed by atoms with Crippen LogP contribution in [0.4, 0.5) is 0 Å². The van der Waals surface area contributed by atoms with Gasteiger partial charge in [-0.05, 0) is 24.6 Å². The van der Waals surface area contributed by atoms with Gasteiger partial charge in [0.1, 0.15) is 0 Å². The number of benzene rings is 1. The zero-order valence-electron chi connectivity index (χ0n) is 5.97. The van der Waals surface area contributed by atoms with Gasteiger partial charge in [-0.1, -0.05) is 17.7 Å². The Kier molecular flexibility index (Phi) is 2.72. The minimum absolute atomic E-state index is 0.408. The van der Waals surface area contributed by atoms with Gasteiger partial charge in [0.05, 0.1) is 0 Å². The number of aryl methyl sites for hydroxylation is 1. The third-order valence-electron chi connectivity index (χ3n) is 1.42. The number of hydrogen-bond acceptors (Lipinski definition) is 1. The maximum absolute atomic E-state index is 10.6. The maximum Gasteiger partial charge on any atom is 0.218 e. The fourth-order valence-corrected chi connectivity index (χ4v) is 1.49. The summed E-state index contributed by atoms with van der Waals surface area (Å²) in [5.74, 6) is 0. The SMILES string of the molecule is Cc1ccc([PH](=O)O)cc1Cl. The minimum atomic E-state index is -2.59. The lowest BCUT2D eigenvalue weighted by Crippen LogP contribution is -1.95. The quantitative estimate of drug-likeness (QED) is 0.685. The Morgan fingerprint density at radius 3 is 2.64 bits per heavy atom. The van der Waals surface area contributed by atoms with Crippen molar-refractivity contribution in [1.29, 1.82) is 0 Å². The Morgan fingerprint density at radius 1 is 1.55 bits per heavy atom. The third kappa shape index (κ3) is 2.06. The van der Waals surface area contributed by atoms with E-state index in [9.17, 15) is 4.57 Å². The molecule has 1 unspecified atom stereocenters. The molecule has 1 atom stereocenters. The molecule has 0 aliphatic carbocycles. The first-order valence-corrected chi connectivity index (χ1v) is 4.84. The number of hydrogen-bond donors (Lipinski definition) is 1. The van der Waals surface area contributed by atoms with Crippen molar-refractivity contribution in [2.45, 2.75) is 6.92 Å². The van der Waals surface area contributed by atoms with Crippen LogP contribution in [0.3, 0.4) is 0 Å². The largest absolute Gasteiger partial charge is 0.343 e. The molecule has 1 aromatic rings. The summed E-state index contributed by atoms with van der Waals surface area (Å²) in [5.41, 5.74) is 0.915. The molecule has 1 N–H and O–H groups in total. The summed E-state index contributed by atoms with van der Waals surface area (Å²) in [6.45, 7) is 1.85. The van der Waals surface area contributed by atoms with E-state index >= 15 is 0 Å². The van der Waals surface area contributed by atoms with Gasteiger partial charge in [0.2, 0.25) is 8.03 Å². The molecule has 0 amide bonds. The zero-order valence-corrected chi connectivity index (χ0v) is 7.72. The molecule has 0 aliphatic rings. The monoisotopic (exact) mass is 190 g/mol. The lowest BCUT2D eigenvalue weighted by molar-refractivity contribution is 0.513. The molecule has 0 aliphatic heterocycles. The smallest absolute Gasteiger partial charge is 0.218 e. The summed E-state index contributed by atoms with van der Waals surface area (Å²) in [5, 5.41) is 0.945. The van der Waals surface area contributed by atoms with Gasteiger partial charge in [0.15, 0.2) is 0 Å². The van der Waals surface area contributed by atoms with E-state index in [1.807, 2.05) is 6.92 Å². The highest BCUT2D eigenvalue weighted by Gasteiger charge is 2.00. The zero-order chi connectivity index (χ0) is 8.43. The second-order valence-corrected chi connectivity index (χ2v) is 3.86. The molecule has 0 saturated carbocycles. The molecule has 0 fully saturated rings. The normalized spacial score (nSPS) is 13.0. The van der Waals surface area contributed by atoms with E-state index in [4.69, 9.17) is 16.5 Å². The Labute approximate surface area is 70.7 Å². The van der Waals surface area contributed by atoms with E-state index in [2.05, 4.69) is 0 Å². The van der Waals surface area contributed by atoms with Crippen molar-refractivity contribution in [3.63, 3.8) is 0 Å². The molecule has 0 spiro atoms. The highest BCUT2D eigenvalue weighted by molar-refractivity contribution is 7.47. The molecule has 4 heteroatoms. The maximum atomic E-state index is 10.6. The van der Waals surface area contributed by atoms with Gasteiger partial charge in [-0.2, -0.15) is 0 Å². The van der Waals surface area contributed by atoms with E-state index in [-0.39, 0.29) is 0 Å². The second-order valence-electron chi connectivity index (χ2n) is 2.27. The van der Waals surface area contributed by atoms with E-state index in [1.165, 1.54) is 6.07 Å². The topological polar surface area (TPSA) is 37.3 Å². The van der Waals surface area contributed by atoms with Crippen LogP contribution < -0.4 is 5.30 Å². The van der Waals surface area contributed by atoms with Crippen molar-refractivity contribution >= 4 is 24.9 Å². The lowest BCUT2D eigenvalue weighted by atomic mass is 10.2. The first kappa shape index (κ1) is 8.79. The molecule has 60 valence electrons. The summed E-state index contributed by atoms with van der Waals surface area (Å²) in [4.78, 5) is 8.73. The summed E-state index contributed by atoms with van der Waals surface area (Å²) < 4.78 is 10.6. The Balaban J connectivity index is 3.15. The van der Waals surface area contributed by atoms with Crippen LogP contribution in [0.15, 0.2) is 18.2 Å². The van der Waals surface area contributed by atoms with Crippen LogP contribution in [0.2, 0.25) is 5.02 Å². The summed E-state index contributed by atoms with van der Waals surface area (Å²) >= 11 is 5.72. The molecule has 0 aromatic heterocycles. The van der Waals surface area contributed by atoms with Gasteiger partial charge < -0.3 is 4.89 Å². The van der Waals surface area contributed by atoms with Crippen LogP contribution in [0.25, 0.3) is 0 Å². The molecule has 0 radical (unpaired) electrons. The summed E-state index contributed by atoms with van der Waals surface area (Å²) in [7, 11) is -2.59. The molecule has 1 rings (SSSR count). The van der Waals surface area contributed by atoms with Crippen LogP contribution in [0.1, 0.15) is 5.56 Å². The predicted molar refractivity (Wildman–Crippen MR) is 47.0 cm³/mol. The van der Waals surface area contributed by atoms with Crippen LogP contribution in [-0.2, 0) is 4.57 Å². The molecule has 0 bridgehead atoms. The lowest BCUT2D eigenvalue weighted by Gasteiger charge is -1.98. The first-order valence-electron chi connectivity index (χ1n) is 3.10. The Hall–Kier alpha value is -0.300. The number of rotatable bonds is 1. The van der Waals surface area contributed by atoms with E-state index in [0.29, 0.717) is 10.3 Å². The summed E-state index contributed by atoms with van der Waals surface area (Å²) in [6, 6.07) is 4.87. The van der Waals surface area contributed by atoms with Gasteiger partial charge in [0, 0.05) is 10.3 Å². The minimum Gasteiger partial charge on any atom is -0.343 e. The molecule has 11 heavy (non-hydrogen) atoms. The standard InChI is InChI=1S/C7H8ClO2P/c1-5-2-3-6(11(9)10)4-7(5)8/h2-4,11H,1H3,(H,9,10). The fraction of sp³-hybridized carbons (Fsp3) is 0.143.